The number of carbonyl (C=O) groups is 4. The summed E-state index contributed by atoms with van der Waals surface area (Å²) < 4.78 is 41.8. The van der Waals surface area contributed by atoms with Crippen molar-refractivity contribution in [1.29, 1.82) is 0 Å². The summed E-state index contributed by atoms with van der Waals surface area (Å²) in [7, 11) is -2.31. The van der Waals surface area contributed by atoms with Crippen LogP contribution in [0.15, 0.2) is 0 Å². The zero-order valence-corrected chi connectivity index (χ0v) is 32.3. The lowest BCUT2D eigenvalue weighted by Gasteiger charge is -2.63. The SMILES string of the molecule is CC[Si](CC)(CC)OC[C@H]1[C@H](O)CC[C@H]2[C@@](COC(C)=O)(C(=O)OC)[C@H](OC(C)=O)C[C@H](OC(C)=O)[C@]12COCOCC[Si](C)(C)C. The molecule has 0 unspecified atom stereocenters. The highest BCUT2D eigenvalue weighted by Crippen LogP contribution is 2.62. The van der Waals surface area contributed by atoms with Crippen LogP contribution in [0.2, 0.25) is 43.8 Å². The van der Waals surface area contributed by atoms with Crippen molar-refractivity contribution in [2.45, 2.75) is 123 Å². The van der Waals surface area contributed by atoms with Crippen molar-refractivity contribution in [2.24, 2.45) is 22.7 Å². The van der Waals surface area contributed by atoms with Gasteiger partial charge in [-0.25, -0.2) is 0 Å². The van der Waals surface area contributed by atoms with E-state index in [0.29, 0.717) is 6.61 Å². The fourth-order valence-electron chi connectivity index (χ4n) is 7.73. The van der Waals surface area contributed by atoms with Gasteiger partial charge in [0.25, 0.3) is 0 Å². The van der Waals surface area contributed by atoms with Gasteiger partial charge in [0.2, 0.25) is 0 Å². The topological polar surface area (TPSA) is 153 Å². The van der Waals surface area contributed by atoms with Gasteiger partial charge in [-0.15, -0.1) is 0 Å². The van der Waals surface area contributed by atoms with Gasteiger partial charge in [-0.1, -0.05) is 40.4 Å². The van der Waals surface area contributed by atoms with Crippen LogP contribution in [0.1, 0.15) is 60.8 Å². The average Bonchev–Trinajstić information content (AvgIpc) is 2.99. The van der Waals surface area contributed by atoms with Crippen LogP contribution in [0.4, 0.5) is 0 Å². The number of esters is 4. The Morgan fingerprint density at radius 3 is 1.94 bits per heavy atom. The number of methoxy groups -OCH3 is 1. The van der Waals surface area contributed by atoms with Crippen molar-refractivity contribution in [2.75, 3.05) is 40.3 Å². The van der Waals surface area contributed by atoms with Crippen LogP contribution in [-0.2, 0) is 52.0 Å². The maximum absolute atomic E-state index is 14.1. The fraction of sp³-hybridized carbons (Fsp3) is 0.879. The zero-order chi connectivity index (χ0) is 35.6. The van der Waals surface area contributed by atoms with E-state index in [4.69, 9.17) is 32.8 Å². The molecule has 2 rings (SSSR count). The zero-order valence-electron chi connectivity index (χ0n) is 30.3. The van der Waals surface area contributed by atoms with Gasteiger partial charge in [-0.05, 0) is 42.9 Å². The van der Waals surface area contributed by atoms with Gasteiger partial charge in [0.05, 0.1) is 19.8 Å². The van der Waals surface area contributed by atoms with Crippen LogP contribution in [0.5, 0.6) is 0 Å². The fourth-order valence-corrected chi connectivity index (χ4v) is 11.1. The molecule has 2 aliphatic carbocycles. The van der Waals surface area contributed by atoms with Crippen molar-refractivity contribution in [1.82, 2.24) is 0 Å². The molecule has 2 fully saturated rings. The summed E-state index contributed by atoms with van der Waals surface area (Å²) in [5.41, 5.74) is -2.94. The molecule has 0 spiro atoms. The van der Waals surface area contributed by atoms with Gasteiger partial charge in [-0.3, -0.25) is 19.2 Å². The van der Waals surface area contributed by atoms with E-state index in [1.54, 1.807) is 0 Å². The summed E-state index contributed by atoms with van der Waals surface area (Å²) >= 11 is 0. The van der Waals surface area contributed by atoms with E-state index in [1.807, 2.05) is 0 Å². The second-order valence-electron chi connectivity index (χ2n) is 14.4. The second-order valence-corrected chi connectivity index (χ2v) is 24.8. The van der Waals surface area contributed by atoms with Crippen molar-refractivity contribution in [3.63, 3.8) is 0 Å². The molecule has 0 aromatic carbocycles. The molecule has 2 aliphatic rings. The summed E-state index contributed by atoms with van der Waals surface area (Å²) in [5.74, 6) is -4.05. The quantitative estimate of drug-likeness (QED) is 0.0692. The predicted octanol–water partition coefficient (Wildman–Crippen LogP) is 4.70. The summed E-state index contributed by atoms with van der Waals surface area (Å²) in [4.78, 5) is 51.6. The molecule has 0 aromatic heterocycles. The summed E-state index contributed by atoms with van der Waals surface area (Å²) in [6, 6.07) is 3.56. The van der Waals surface area contributed by atoms with Crippen molar-refractivity contribution >= 4 is 40.3 Å². The van der Waals surface area contributed by atoms with Crippen molar-refractivity contribution in [3.8, 4) is 0 Å². The molecule has 2 saturated carbocycles. The summed E-state index contributed by atoms with van der Waals surface area (Å²) in [6.45, 7) is 16.9. The number of hydrogen-bond donors (Lipinski definition) is 1. The molecule has 272 valence electrons. The molecule has 0 bridgehead atoms. The van der Waals surface area contributed by atoms with E-state index in [9.17, 15) is 24.3 Å². The number of aliphatic hydroxyl groups excluding tert-OH is 1. The van der Waals surface area contributed by atoms with Crippen molar-refractivity contribution < 1.29 is 57.1 Å². The second kappa shape index (κ2) is 17.7. The molecule has 0 aliphatic heterocycles. The molecular formula is C33H60O12Si2. The first kappa shape index (κ1) is 41.3. The van der Waals surface area contributed by atoms with Crippen molar-refractivity contribution in [3.05, 3.63) is 0 Å². The molecule has 0 saturated heterocycles. The standard InChI is InChI=1S/C33H60O12Si2/c1-11-47(12-2,13-3)43-19-26-27(37)14-15-28-32(26,20-41-22-40-16-17-46(8,9)10)29(44-24(5)35)18-30(45-25(6)36)33(28,31(38)39-7)21-42-23(4)34/h26-30,37H,11-22H2,1-10H3/t26-,27+,28+,29-,30+,32+,33+/m0/s1. The van der Waals surface area contributed by atoms with Gasteiger partial charge >= 0.3 is 23.9 Å². The number of ether oxygens (including phenoxy) is 6. The Balaban J connectivity index is 2.82. The Bertz CT molecular complexity index is 1050. The van der Waals surface area contributed by atoms with Crippen LogP contribution in [0, 0.1) is 22.7 Å². The molecule has 12 nitrogen and oxygen atoms in total. The number of fused-ring (bicyclic) bond motifs is 1. The number of hydrogen-bond acceptors (Lipinski definition) is 12. The first-order chi connectivity index (χ1) is 22.0. The van der Waals surface area contributed by atoms with Gasteiger partial charge in [0.15, 0.2) is 8.32 Å². The van der Waals surface area contributed by atoms with Crippen LogP contribution in [-0.4, -0.2) is 104 Å². The average molecular weight is 705 g/mol. The van der Waals surface area contributed by atoms with Crippen LogP contribution < -0.4 is 0 Å². The van der Waals surface area contributed by atoms with Gasteiger partial charge in [0, 0.05) is 59.8 Å². The predicted molar refractivity (Wildman–Crippen MR) is 180 cm³/mol. The minimum atomic E-state index is -2.18. The molecule has 0 radical (unpaired) electrons. The van der Waals surface area contributed by atoms with Crippen LogP contribution >= 0.6 is 0 Å². The smallest absolute Gasteiger partial charge is 0.319 e. The molecule has 14 heteroatoms. The summed E-state index contributed by atoms with van der Waals surface area (Å²) in [6.07, 6.45) is -2.64. The Kier molecular flexibility index (Phi) is 15.6. The highest BCUT2D eigenvalue weighted by molar-refractivity contribution is 6.76. The third-order valence-corrected chi connectivity index (χ3v) is 16.8. The normalized spacial score (nSPS) is 29.4. The molecule has 0 aromatic rings. The van der Waals surface area contributed by atoms with E-state index in [2.05, 4.69) is 40.4 Å². The van der Waals surface area contributed by atoms with E-state index >= 15 is 0 Å². The van der Waals surface area contributed by atoms with E-state index in [-0.39, 0.29) is 39.3 Å². The lowest BCUT2D eigenvalue weighted by Crippen LogP contribution is -2.72. The molecular weight excluding hydrogens is 645 g/mol. The first-order valence-corrected chi connectivity index (χ1v) is 23.3. The van der Waals surface area contributed by atoms with Crippen LogP contribution in [0.25, 0.3) is 0 Å². The summed E-state index contributed by atoms with van der Waals surface area (Å²) in [5, 5.41) is 11.8. The molecule has 47 heavy (non-hydrogen) atoms. The largest absolute Gasteiger partial charge is 0.468 e. The number of rotatable bonds is 18. The van der Waals surface area contributed by atoms with E-state index < -0.39 is 87.9 Å². The third kappa shape index (κ3) is 9.87. The highest BCUT2D eigenvalue weighted by atomic mass is 28.4. The van der Waals surface area contributed by atoms with E-state index in [1.165, 1.54) is 27.9 Å². The molecule has 0 amide bonds. The number of aliphatic hydroxyl groups is 1. The Hall–Kier alpha value is -1.85. The molecule has 0 heterocycles. The monoisotopic (exact) mass is 704 g/mol. The highest BCUT2D eigenvalue weighted by Gasteiger charge is 2.72. The number of carbonyl (C=O) groups excluding carboxylic acids is 4. The third-order valence-electron chi connectivity index (χ3n) is 10.5. The minimum Gasteiger partial charge on any atom is -0.468 e. The lowest BCUT2D eigenvalue weighted by atomic mass is 9.44. The van der Waals surface area contributed by atoms with Gasteiger partial charge in [0.1, 0.15) is 31.0 Å². The maximum atomic E-state index is 14.1. The van der Waals surface area contributed by atoms with E-state index in [0.717, 1.165) is 24.2 Å². The Morgan fingerprint density at radius 2 is 1.43 bits per heavy atom. The van der Waals surface area contributed by atoms with Gasteiger partial charge in [-0.2, -0.15) is 0 Å². The molecule has 7 atom stereocenters. The molecule has 1 N–H and O–H groups in total. The van der Waals surface area contributed by atoms with Gasteiger partial charge < -0.3 is 38.0 Å². The Morgan fingerprint density at radius 1 is 0.830 bits per heavy atom. The van der Waals surface area contributed by atoms with Crippen LogP contribution in [0.3, 0.4) is 0 Å². The Labute approximate surface area is 283 Å². The lowest BCUT2D eigenvalue weighted by molar-refractivity contribution is -0.274. The maximum Gasteiger partial charge on any atom is 0.319 e. The minimum absolute atomic E-state index is 0.0600. The first-order valence-electron chi connectivity index (χ1n) is 17.0.